The van der Waals surface area contributed by atoms with E-state index in [1.807, 2.05) is 17.5 Å². The number of hydrogen-bond acceptors (Lipinski definition) is 5. The molecule has 33 heavy (non-hydrogen) atoms. The Labute approximate surface area is 196 Å². The van der Waals surface area contributed by atoms with Gasteiger partial charge in [0.15, 0.2) is 0 Å². The lowest BCUT2D eigenvalue weighted by molar-refractivity contribution is 0.0927. The van der Waals surface area contributed by atoms with Crippen molar-refractivity contribution in [3.63, 3.8) is 0 Å². The number of aryl methyl sites for hydroxylation is 1. The molecule has 2 amide bonds. The second-order valence-electron chi connectivity index (χ2n) is 7.23. The van der Waals surface area contributed by atoms with Gasteiger partial charge in [-0.1, -0.05) is 12.1 Å². The predicted octanol–water partition coefficient (Wildman–Crippen LogP) is 2.88. The summed E-state index contributed by atoms with van der Waals surface area (Å²) >= 11 is 1.57. The second kappa shape index (κ2) is 11.2. The average Bonchev–Trinajstić information content (AvgIpc) is 3.31. The van der Waals surface area contributed by atoms with Crippen LogP contribution in [0.15, 0.2) is 64.9 Å². The molecule has 3 rings (SSSR count). The third kappa shape index (κ3) is 6.95. The molecule has 3 N–H and O–H groups in total. The number of benzene rings is 2. The van der Waals surface area contributed by atoms with Crippen molar-refractivity contribution < 1.29 is 22.4 Å². The van der Waals surface area contributed by atoms with E-state index in [0.717, 1.165) is 10.9 Å². The molecule has 0 fully saturated rings. The van der Waals surface area contributed by atoms with Crippen LogP contribution in [0.2, 0.25) is 0 Å². The van der Waals surface area contributed by atoms with Gasteiger partial charge in [0.2, 0.25) is 10.0 Å². The minimum atomic E-state index is -3.67. The third-order valence-corrected chi connectivity index (χ3v) is 7.21. The Bertz CT molecular complexity index is 1210. The van der Waals surface area contributed by atoms with Crippen LogP contribution in [0.3, 0.4) is 0 Å². The molecule has 0 saturated heterocycles. The lowest BCUT2D eigenvalue weighted by atomic mass is 10.1. The van der Waals surface area contributed by atoms with Crippen molar-refractivity contribution in [1.29, 1.82) is 0 Å². The predicted molar refractivity (Wildman–Crippen MR) is 125 cm³/mol. The molecule has 0 unspecified atom stereocenters. The highest BCUT2D eigenvalue weighted by Crippen LogP contribution is 2.12. The average molecular weight is 490 g/mol. The molecule has 3 aromatic rings. The summed E-state index contributed by atoms with van der Waals surface area (Å²) in [4.78, 5) is 25.5. The van der Waals surface area contributed by atoms with E-state index in [1.165, 1.54) is 36.4 Å². The van der Waals surface area contributed by atoms with Crippen molar-refractivity contribution in [3.8, 4) is 0 Å². The van der Waals surface area contributed by atoms with Gasteiger partial charge in [0.1, 0.15) is 5.82 Å². The number of nitrogens with one attached hydrogen (secondary N) is 3. The summed E-state index contributed by atoms with van der Waals surface area (Å²) in [6.45, 7) is 2.20. The quantitative estimate of drug-likeness (QED) is 0.381. The van der Waals surface area contributed by atoms with Gasteiger partial charge in [-0.3, -0.25) is 9.59 Å². The van der Waals surface area contributed by atoms with E-state index in [-0.39, 0.29) is 30.1 Å². The van der Waals surface area contributed by atoms with Crippen LogP contribution < -0.4 is 15.4 Å². The fourth-order valence-electron chi connectivity index (χ4n) is 2.92. The van der Waals surface area contributed by atoms with Crippen LogP contribution in [-0.2, 0) is 16.4 Å². The number of carbonyl (C=O) groups excluding carboxylic acids is 2. The molecular formula is C23H24FN3O4S2. The molecule has 0 aliphatic heterocycles. The van der Waals surface area contributed by atoms with Crippen LogP contribution in [-0.4, -0.2) is 39.9 Å². The standard InChI is InChI=1S/C23H24FN3O4S2/c1-16-4-5-18(15-21(16)24)23(29)26-13-12-25-22(28)17-6-8-20(9-7-17)33(30,31)27-11-10-19-3-2-14-32-19/h2-9,14-15,27H,10-13H2,1H3,(H,25,28)(H,26,29). The van der Waals surface area contributed by atoms with Crippen LogP contribution in [0.5, 0.6) is 0 Å². The topological polar surface area (TPSA) is 104 Å². The van der Waals surface area contributed by atoms with Gasteiger partial charge in [-0.05, 0) is 66.8 Å². The summed E-state index contributed by atoms with van der Waals surface area (Å²) in [7, 11) is -3.67. The van der Waals surface area contributed by atoms with Gasteiger partial charge in [0, 0.05) is 35.6 Å². The summed E-state index contributed by atoms with van der Waals surface area (Å²) in [6.07, 6.45) is 0.604. The number of sulfonamides is 1. The summed E-state index contributed by atoms with van der Waals surface area (Å²) in [5, 5.41) is 7.18. The fourth-order valence-corrected chi connectivity index (χ4v) is 4.66. The first-order valence-electron chi connectivity index (χ1n) is 10.2. The maximum Gasteiger partial charge on any atom is 0.251 e. The fraction of sp³-hybridized carbons (Fsp3) is 0.217. The summed E-state index contributed by atoms with van der Waals surface area (Å²) in [5.74, 6) is -1.30. The number of thiophene rings is 1. The number of amides is 2. The van der Waals surface area contributed by atoms with Gasteiger partial charge in [0.05, 0.1) is 4.90 Å². The highest BCUT2D eigenvalue weighted by Gasteiger charge is 2.15. The maximum absolute atomic E-state index is 13.6. The summed E-state index contributed by atoms with van der Waals surface area (Å²) in [5.41, 5.74) is 0.941. The lowest BCUT2D eigenvalue weighted by Gasteiger charge is -2.09. The van der Waals surface area contributed by atoms with Gasteiger partial charge in [-0.2, -0.15) is 0 Å². The Balaban J connectivity index is 1.44. The number of halogens is 1. The summed E-state index contributed by atoms with van der Waals surface area (Å²) < 4.78 is 40.9. The van der Waals surface area contributed by atoms with Crippen molar-refractivity contribution in [3.05, 3.63) is 87.4 Å². The highest BCUT2D eigenvalue weighted by atomic mass is 32.2. The Kier molecular flexibility index (Phi) is 8.32. The van der Waals surface area contributed by atoms with E-state index < -0.39 is 27.7 Å². The second-order valence-corrected chi connectivity index (χ2v) is 10.0. The highest BCUT2D eigenvalue weighted by molar-refractivity contribution is 7.89. The first-order chi connectivity index (χ1) is 15.8. The van der Waals surface area contributed by atoms with E-state index in [9.17, 15) is 22.4 Å². The Morgan fingerprint density at radius 1 is 0.909 bits per heavy atom. The summed E-state index contributed by atoms with van der Waals surface area (Å²) in [6, 6.07) is 13.7. The molecule has 2 aromatic carbocycles. The molecule has 0 aliphatic rings. The first-order valence-corrected chi connectivity index (χ1v) is 12.6. The van der Waals surface area contributed by atoms with Crippen molar-refractivity contribution in [2.75, 3.05) is 19.6 Å². The SMILES string of the molecule is Cc1ccc(C(=O)NCCNC(=O)c2ccc(S(=O)(=O)NCCc3cccs3)cc2)cc1F. The normalized spacial score (nSPS) is 11.2. The number of rotatable bonds is 10. The zero-order valence-corrected chi connectivity index (χ0v) is 19.6. The van der Waals surface area contributed by atoms with Crippen LogP contribution in [0.4, 0.5) is 4.39 Å². The molecule has 1 aromatic heterocycles. The molecule has 7 nitrogen and oxygen atoms in total. The molecule has 0 bridgehead atoms. The third-order valence-electron chi connectivity index (χ3n) is 4.80. The smallest absolute Gasteiger partial charge is 0.251 e. The van der Waals surface area contributed by atoms with Gasteiger partial charge in [-0.25, -0.2) is 17.5 Å². The Morgan fingerprint density at radius 3 is 2.15 bits per heavy atom. The van der Waals surface area contributed by atoms with Crippen molar-refractivity contribution in [1.82, 2.24) is 15.4 Å². The van der Waals surface area contributed by atoms with E-state index in [1.54, 1.807) is 18.3 Å². The van der Waals surface area contributed by atoms with E-state index in [0.29, 0.717) is 17.5 Å². The van der Waals surface area contributed by atoms with Gasteiger partial charge < -0.3 is 10.6 Å². The van der Waals surface area contributed by atoms with Gasteiger partial charge in [-0.15, -0.1) is 11.3 Å². The largest absolute Gasteiger partial charge is 0.350 e. The van der Waals surface area contributed by atoms with Crippen molar-refractivity contribution in [2.24, 2.45) is 0 Å². The molecule has 0 spiro atoms. The lowest BCUT2D eigenvalue weighted by Crippen LogP contribution is -2.34. The zero-order chi connectivity index (χ0) is 23.8. The molecular weight excluding hydrogens is 465 g/mol. The minimum absolute atomic E-state index is 0.0721. The number of hydrogen-bond donors (Lipinski definition) is 3. The number of carbonyl (C=O) groups is 2. The molecule has 0 aliphatic carbocycles. The zero-order valence-electron chi connectivity index (χ0n) is 17.9. The monoisotopic (exact) mass is 489 g/mol. The molecule has 0 radical (unpaired) electrons. The van der Waals surface area contributed by atoms with Crippen LogP contribution in [0.25, 0.3) is 0 Å². The Morgan fingerprint density at radius 2 is 1.55 bits per heavy atom. The van der Waals surface area contributed by atoms with E-state index in [2.05, 4.69) is 15.4 Å². The molecule has 0 saturated carbocycles. The minimum Gasteiger partial charge on any atom is -0.350 e. The van der Waals surface area contributed by atoms with E-state index in [4.69, 9.17) is 0 Å². The van der Waals surface area contributed by atoms with E-state index >= 15 is 0 Å². The Hall–Kier alpha value is -3.08. The maximum atomic E-state index is 13.6. The van der Waals surface area contributed by atoms with Gasteiger partial charge in [0.25, 0.3) is 11.8 Å². The molecule has 10 heteroatoms. The van der Waals surface area contributed by atoms with Crippen LogP contribution >= 0.6 is 11.3 Å². The molecule has 174 valence electrons. The van der Waals surface area contributed by atoms with Crippen LogP contribution in [0, 0.1) is 12.7 Å². The van der Waals surface area contributed by atoms with Crippen molar-refractivity contribution >= 4 is 33.2 Å². The van der Waals surface area contributed by atoms with Gasteiger partial charge >= 0.3 is 0 Å². The molecule has 1 heterocycles. The van der Waals surface area contributed by atoms with Crippen LogP contribution in [0.1, 0.15) is 31.2 Å². The first kappa shape index (κ1) is 24.6. The van der Waals surface area contributed by atoms with Crippen molar-refractivity contribution in [2.45, 2.75) is 18.2 Å². The molecule has 0 atom stereocenters.